The Morgan fingerprint density at radius 1 is 1.08 bits per heavy atom. The van der Waals surface area contributed by atoms with Crippen LogP contribution in [0.3, 0.4) is 0 Å². The summed E-state index contributed by atoms with van der Waals surface area (Å²) in [6.45, 7) is 2.06. The number of hydrogen-bond donors (Lipinski definition) is 1. The van der Waals surface area contributed by atoms with Gasteiger partial charge >= 0.3 is 198 Å². The average molecular weight is 636 g/mol. The molecule has 0 radical (unpaired) electrons. The number of anilines is 3. The Balaban J connectivity index is 1.57. The molecule has 2 aliphatic rings. The molecular weight excluding hydrogens is 607 g/mol. The first kappa shape index (κ1) is 27.8. The van der Waals surface area contributed by atoms with Crippen LogP contribution in [0, 0.1) is 0 Å². The van der Waals surface area contributed by atoms with Crippen LogP contribution in [0.25, 0.3) is 0 Å². The first-order chi connectivity index (χ1) is 17.1. The minimum Gasteiger partial charge on any atom is -0.264 e. The van der Waals surface area contributed by atoms with Gasteiger partial charge in [0.1, 0.15) is 0 Å². The van der Waals surface area contributed by atoms with Crippen molar-refractivity contribution in [3.05, 3.63) is 35.5 Å². The molecule has 1 N–H and O–H groups in total. The Bertz CT molecular complexity index is 1180. The Morgan fingerprint density at radius 2 is 1.76 bits per heavy atom. The Hall–Kier alpha value is -2.25. The van der Waals surface area contributed by atoms with Crippen molar-refractivity contribution < 1.29 is 31.1 Å². The standard InChI is InChI=1S/C21H20F6N5O.3CH3.Sn/c1-12-11-31(6-7-32(12)18(33)21(25,26)27)15-4-5-17(16(8-15)13-2-3-13)30-19-28-9-14(10-29-19)20(22,23)24;;;;/h4-5,8-9,12-13H,2-3,6-7,11H2,1H3,(H,28,29,30);3*1H3;/t12-;;;;/m0..../s1. The maximum absolute atomic E-state index is 13.5. The van der Waals surface area contributed by atoms with E-state index in [0.717, 1.165) is 35.2 Å². The Labute approximate surface area is 215 Å². The number of halogens is 6. The van der Waals surface area contributed by atoms with Crippen molar-refractivity contribution in [1.29, 1.82) is 0 Å². The fraction of sp³-hybridized carbons (Fsp3) is 0.542. The molecule has 202 valence electrons. The Morgan fingerprint density at radius 3 is 2.30 bits per heavy atom. The fourth-order valence-corrected chi connectivity index (χ4v) is 8.75. The summed E-state index contributed by atoms with van der Waals surface area (Å²) in [6.07, 6.45) is -6.66. The molecule has 4 rings (SSSR count). The molecule has 2 heterocycles. The van der Waals surface area contributed by atoms with Crippen LogP contribution in [0.1, 0.15) is 36.8 Å². The van der Waals surface area contributed by atoms with E-state index in [2.05, 4.69) is 15.3 Å². The molecule has 0 unspecified atom stereocenters. The summed E-state index contributed by atoms with van der Waals surface area (Å²) in [7, 11) is 0. The summed E-state index contributed by atoms with van der Waals surface area (Å²) in [5.74, 6) is -1.45. The van der Waals surface area contributed by atoms with E-state index in [0.29, 0.717) is 5.69 Å². The molecule has 1 saturated heterocycles. The van der Waals surface area contributed by atoms with E-state index in [4.69, 9.17) is 0 Å². The zero-order valence-corrected chi connectivity index (χ0v) is 23.8. The summed E-state index contributed by atoms with van der Waals surface area (Å²) in [5.41, 5.74) is 1.69. The van der Waals surface area contributed by atoms with Gasteiger partial charge in [-0.25, -0.2) is 0 Å². The third-order valence-corrected chi connectivity index (χ3v) is 11.7. The van der Waals surface area contributed by atoms with Crippen molar-refractivity contribution in [3.8, 4) is 0 Å². The van der Waals surface area contributed by atoms with Crippen molar-refractivity contribution in [1.82, 2.24) is 14.9 Å². The van der Waals surface area contributed by atoms with Crippen molar-refractivity contribution in [2.75, 3.05) is 29.9 Å². The van der Waals surface area contributed by atoms with Gasteiger partial charge in [-0.1, -0.05) is 0 Å². The van der Waals surface area contributed by atoms with E-state index < -0.39 is 48.2 Å². The summed E-state index contributed by atoms with van der Waals surface area (Å²) in [5, 5.41) is 3.11. The minimum absolute atomic E-state index is 0.0425. The maximum atomic E-state index is 13.5. The molecule has 1 aliphatic heterocycles. The van der Waals surface area contributed by atoms with Crippen LogP contribution in [-0.4, -0.2) is 71.0 Å². The van der Waals surface area contributed by atoms with Crippen LogP contribution in [0.5, 0.6) is 0 Å². The molecule has 1 amide bonds. The van der Waals surface area contributed by atoms with Crippen LogP contribution < -0.4 is 13.9 Å². The quantitative estimate of drug-likeness (QED) is 0.359. The molecule has 1 aromatic carbocycles. The van der Waals surface area contributed by atoms with Gasteiger partial charge in [-0.2, -0.15) is 13.2 Å². The second kappa shape index (κ2) is 9.81. The molecule has 1 atom stereocenters. The summed E-state index contributed by atoms with van der Waals surface area (Å²) in [4.78, 5) is 28.4. The van der Waals surface area contributed by atoms with Crippen LogP contribution in [-0.2, 0) is 11.0 Å². The van der Waals surface area contributed by atoms with E-state index in [1.807, 2.05) is 37.9 Å². The van der Waals surface area contributed by atoms with Crippen LogP contribution >= 0.6 is 0 Å². The fourth-order valence-electron chi connectivity index (χ4n) is 4.59. The molecule has 37 heavy (non-hydrogen) atoms. The zero-order valence-electron chi connectivity index (χ0n) is 21.0. The summed E-state index contributed by atoms with van der Waals surface area (Å²) in [6, 6.07) is 4.97. The first-order valence-corrected chi connectivity index (χ1v) is 22.0. The van der Waals surface area contributed by atoms with Gasteiger partial charge in [-0.15, -0.1) is 0 Å². The van der Waals surface area contributed by atoms with Gasteiger partial charge in [0.2, 0.25) is 0 Å². The van der Waals surface area contributed by atoms with E-state index in [-0.39, 0.29) is 35.2 Å². The molecule has 1 aliphatic carbocycles. The predicted molar refractivity (Wildman–Crippen MR) is 131 cm³/mol. The SMILES string of the molecule is C[C@H]1CN(c2ccc(Nc3ncc(C(F)(F)F)[c]([Sn]([CH3])([CH3])[CH3])n3)c(C3CC3)c2)CCN1C(=O)C(F)(F)F. The van der Waals surface area contributed by atoms with E-state index in [1.54, 1.807) is 6.92 Å². The number of carbonyl (C=O) groups excluding carboxylic acids is 1. The third-order valence-electron chi connectivity index (χ3n) is 6.60. The number of aromatic nitrogens is 2. The minimum atomic E-state index is -4.90. The number of nitrogens with one attached hydrogen (secondary N) is 1. The number of carbonyl (C=O) groups is 1. The molecule has 1 aromatic heterocycles. The van der Waals surface area contributed by atoms with Crippen LogP contribution in [0.15, 0.2) is 24.4 Å². The van der Waals surface area contributed by atoms with Gasteiger partial charge < -0.3 is 0 Å². The number of rotatable bonds is 5. The van der Waals surface area contributed by atoms with Gasteiger partial charge in [-0.05, 0) is 0 Å². The smallest absolute Gasteiger partial charge is 0.264 e. The number of amides is 1. The van der Waals surface area contributed by atoms with E-state index in [9.17, 15) is 31.1 Å². The van der Waals surface area contributed by atoms with Crippen LogP contribution in [0.4, 0.5) is 43.7 Å². The number of hydrogen-bond acceptors (Lipinski definition) is 5. The van der Waals surface area contributed by atoms with Crippen molar-refractivity contribution in [2.45, 2.75) is 58.9 Å². The number of piperazine rings is 1. The molecular formula is C24H29F6N5OSn. The van der Waals surface area contributed by atoms with Gasteiger partial charge in [0, 0.05) is 0 Å². The molecule has 0 spiro atoms. The average Bonchev–Trinajstić information content (AvgIpc) is 3.62. The second-order valence-corrected chi connectivity index (χ2v) is 24.9. The molecule has 0 bridgehead atoms. The van der Waals surface area contributed by atoms with E-state index >= 15 is 0 Å². The molecule has 6 nitrogen and oxygen atoms in total. The summed E-state index contributed by atoms with van der Waals surface area (Å²) < 4.78 is 79.4. The van der Waals surface area contributed by atoms with Gasteiger partial charge in [0.05, 0.1) is 0 Å². The Kier molecular flexibility index (Phi) is 7.36. The zero-order chi connectivity index (χ0) is 27.3. The molecule has 13 heteroatoms. The molecule has 2 aromatic rings. The van der Waals surface area contributed by atoms with Gasteiger partial charge in [-0.3, -0.25) is 4.79 Å². The molecule has 2 fully saturated rings. The predicted octanol–water partition coefficient (Wildman–Crippen LogP) is 5.26. The van der Waals surface area contributed by atoms with Crippen molar-refractivity contribution in [3.63, 3.8) is 0 Å². The van der Waals surface area contributed by atoms with Gasteiger partial charge in [0.15, 0.2) is 0 Å². The first-order valence-electron chi connectivity index (χ1n) is 12.0. The normalized spacial score (nSPS) is 19.2. The number of nitrogens with zero attached hydrogens (tertiary/aromatic N) is 4. The van der Waals surface area contributed by atoms with Gasteiger partial charge in [0.25, 0.3) is 0 Å². The van der Waals surface area contributed by atoms with Crippen molar-refractivity contribution >= 4 is 45.3 Å². The number of alkyl halides is 6. The second-order valence-electron chi connectivity index (χ2n) is 10.7. The number of benzene rings is 1. The summed E-state index contributed by atoms with van der Waals surface area (Å²) >= 11 is -3.25. The van der Waals surface area contributed by atoms with E-state index in [1.165, 1.54) is 0 Å². The van der Waals surface area contributed by atoms with Crippen LogP contribution in [0.2, 0.25) is 14.8 Å². The topological polar surface area (TPSA) is 61.4 Å². The van der Waals surface area contributed by atoms with Crippen molar-refractivity contribution in [2.24, 2.45) is 0 Å². The third kappa shape index (κ3) is 6.25. The molecule has 1 saturated carbocycles. The monoisotopic (exact) mass is 637 g/mol.